The molecule has 0 spiro atoms. The van der Waals surface area contributed by atoms with Crippen LogP contribution >= 0.6 is 0 Å². The molecule has 0 aliphatic carbocycles. The van der Waals surface area contributed by atoms with Gasteiger partial charge in [0.2, 0.25) is 0 Å². The molecule has 2 aliphatic heterocycles. The number of rotatable bonds is 7. The summed E-state index contributed by atoms with van der Waals surface area (Å²) >= 11 is 0. The van der Waals surface area contributed by atoms with Gasteiger partial charge in [-0.1, -0.05) is 57.2 Å². The van der Waals surface area contributed by atoms with Crippen molar-refractivity contribution in [2.75, 3.05) is 32.8 Å². The minimum absolute atomic E-state index is 0.0945. The average Bonchev–Trinajstić information content (AvgIpc) is 2.89. The summed E-state index contributed by atoms with van der Waals surface area (Å²) in [6.45, 7) is 9.41. The van der Waals surface area contributed by atoms with Gasteiger partial charge in [-0.25, -0.2) is 0 Å². The SMILES string of the molecule is CC(C)(C)c1ccc(OCC(O)CN2CCC(CN3C(=O)c4cccc5cccc(c45)C3=O)CC2)cc1. The maximum atomic E-state index is 13.2. The lowest BCUT2D eigenvalue weighted by Gasteiger charge is -2.36. The average molecular weight is 501 g/mol. The first kappa shape index (κ1) is 25.4. The number of nitrogens with zero attached hydrogens (tertiary/aromatic N) is 2. The third kappa shape index (κ3) is 5.41. The molecule has 0 radical (unpaired) electrons. The number of β-amino-alcohol motifs (C(OH)–C–C–N with tert-alkyl or cyclic N) is 1. The van der Waals surface area contributed by atoms with Crippen LogP contribution < -0.4 is 4.74 Å². The number of aliphatic hydroxyl groups excluding tert-OH is 1. The van der Waals surface area contributed by atoms with Crippen molar-refractivity contribution in [3.63, 3.8) is 0 Å². The number of amides is 2. The molecule has 3 aromatic rings. The summed E-state index contributed by atoms with van der Waals surface area (Å²) in [6, 6.07) is 19.3. The summed E-state index contributed by atoms with van der Waals surface area (Å²) in [5.74, 6) is 0.627. The first-order valence-electron chi connectivity index (χ1n) is 13.2. The van der Waals surface area contributed by atoms with Crippen LogP contribution in [-0.4, -0.2) is 65.6 Å². The Labute approximate surface area is 218 Å². The van der Waals surface area contributed by atoms with E-state index in [0.29, 0.717) is 24.2 Å². The van der Waals surface area contributed by atoms with Crippen LogP contribution in [0.2, 0.25) is 0 Å². The number of hydrogen-bond donors (Lipinski definition) is 1. The number of ether oxygens (including phenoxy) is 1. The number of imide groups is 1. The minimum Gasteiger partial charge on any atom is -0.491 e. The molecule has 194 valence electrons. The predicted molar refractivity (Wildman–Crippen MR) is 145 cm³/mol. The Bertz CT molecular complexity index is 1240. The highest BCUT2D eigenvalue weighted by Crippen LogP contribution is 2.31. The smallest absolute Gasteiger partial charge is 0.261 e. The van der Waals surface area contributed by atoms with Crippen LogP contribution in [0.1, 0.15) is 59.9 Å². The molecular weight excluding hydrogens is 464 g/mol. The zero-order valence-electron chi connectivity index (χ0n) is 21.9. The van der Waals surface area contributed by atoms with Gasteiger partial charge in [0.15, 0.2) is 0 Å². The van der Waals surface area contributed by atoms with Gasteiger partial charge in [0.1, 0.15) is 18.5 Å². The summed E-state index contributed by atoms with van der Waals surface area (Å²) in [6.07, 6.45) is 1.18. The maximum absolute atomic E-state index is 13.2. The van der Waals surface area contributed by atoms with Crippen LogP contribution in [0.5, 0.6) is 5.75 Å². The largest absolute Gasteiger partial charge is 0.491 e. The van der Waals surface area contributed by atoms with E-state index in [-0.39, 0.29) is 29.8 Å². The van der Waals surface area contributed by atoms with Crippen LogP contribution in [0.4, 0.5) is 0 Å². The molecule has 1 atom stereocenters. The molecule has 0 bridgehead atoms. The molecular formula is C31H36N2O4. The van der Waals surface area contributed by atoms with Gasteiger partial charge in [-0.15, -0.1) is 0 Å². The Morgan fingerprint density at radius 3 is 2.08 bits per heavy atom. The molecule has 6 nitrogen and oxygen atoms in total. The van der Waals surface area contributed by atoms with Crippen molar-refractivity contribution in [3.05, 3.63) is 77.4 Å². The molecule has 1 fully saturated rings. The number of likely N-dealkylation sites (tertiary alicyclic amines) is 1. The Kier molecular flexibility index (Phi) is 7.06. The number of aliphatic hydroxyl groups is 1. The summed E-state index contributed by atoms with van der Waals surface area (Å²) in [7, 11) is 0. The van der Waals surface area contributed by atoms with Crippen LogP contribution in [0.25, 0.3) is 10.8 Å². The van der Waals surface area contributed by atoms with Crippen LogP contribution in [0.15, 0.2) is 60.7 Å². The van der Waals surface area contributed by atoms with E-state index in [1.807, 2.05) is 48.5 Å². The fourth-order valence-electron chi connectivity index (χ4n) is 5.45. The molecule has 1 unspecified atom stereocenters. The molecule has 2 amide bonds. The summed E-state index contributed by atoms with van der Waals surface area (Å²) in [5.41, 5.74) is 2.57. The highest BCUT2D eigenvalue weighted by atomic mass is 16.5. The Morgan fingerprint density at radius 2 is 1.51 bits per heavy atom. The second kappa shape index (κ2) is 10.3. The van der Waals surface area contributed by atoms with Gasteiger partial charge >= 0.3 is 0 Å². The highest BCUT2D eigenvalue weighted by molar-refractivity contribution is 6.25. The predicted octanol–water partition coefficient (Wildman–Crippen LogP) is 4.89. The van der Waals surface area contributed by atoms with E-state index in [1.54, 1.807) is 0 Å². The Balaban J connectivity index is 1.11. The molecule has 1 N–H and O–H groups in total. The lowest BCUT2D eigenvalue weighted by atomic mass is 9.87. The molecule has 0 saturated carbocycles. The number of hydrogen-bond acceptors (Lipinski definition) is 5. The monoisotopic (exact) mass is 500 g/mol. The van der Waals surface area contributed by atoms with Crippen LogP contribution in [-0.2, 0) is 5.41 Å². The van der Waals surface area contributed by atoms with Crippen molar-refractivity contribution in [1.82, 2.24) is 9.80 Å². The van der Waals surface area contributed by atoms with Gasteiger partial charge in [-0.05, 0) is 72.5 Å². The number of piperidine rings is 1. The normalized spacial score (nSPS) is 17.9. The second-order valence-electron chi connectivity index (χ2n) is 11.4. The Hall–Kier alpha value is -3.22. The van der Waals surface area contributed by atoms with Gasteiger partial charge in [0.05, 0.1) is 0 Å². The van der Waals surface area contributed by atoms with Gasteiger partial charge in [0.25, 0.3) is 11.8 Å². The van der Waals surface area contributed by atoms with Crippen molar-refractivity contribution < 1.29 is 19.4 Å². The lowest BCUT2D eigenvalue weighted by Crippen LogP contribution is -2.46. The second-order valence-corrected chi connectivity index (χ2v) is 11.4. The van der Waals surface area contributed by atoms with E-state index < -0.39 is 6.10 Å². The highest BCUT2D eigenvalue weighted by Gasteiger charge is 2.35. The zero-order valence-corrected chi connectivity index (χ0v) is 21.9. The number of carbonyl (C=O) groups excluding carboxylic acids is 2. The molecule has 1 saturated heterocycles. The van der Waals surface area contributed by atoms with E-state index in [0.717, 1.165) is 42.5 Å². The van der Waals surface area contributed by atoms with Crippen molar-refractivity contribution in [3.8, 4) is 5.75 Å². The quantitative estimate of drug-likeness (QED) is 0.468. The third-order valence-corrected chi connectivity index (χ3v) is 7.64. The maximum Gasteiger partial charge on any atom is 0.261 e. The molecule has 2 aliphatic rings. The topological polar surface area (TPSA) is 70.1 Å². The summed E-state index contributed by atoms with van der Waals surface area (Å²) < 4.78 is 5.82. The van der Waals surface area contributed by atoms with Crippen molar-refractivity contribution in [1.29, 1.82) is 0 Å². The number of carbonyl (C=O) groups is 2. The minimum atomic E-state index is -0.582. The molecule has 0 aromatic heterocycles. The van der Waals surface area contributed by atoms with Crippen molar-refractivity contribution >= 4 is 22.6 Å². The Morgan fingerprint density at radius 1 is 0.919 bits per heavy atom. The van der Waals surface area contributed by atoms with Gasteiger partial charge in [-0.3, -0.25) is 14.5 Å². The first-order valence-corrected chi connectivity index (χ1v) is 13.2. The van der Waals surface area contributed by atoms with E-state index in [2.05, 4.69) is 37.8 Å². The summed E-state index contributed by atoms with van der Waals surface area (Å²) in [4.78, 5) is 30.1. The molecule has 2 heterocycles. The van der Waals surface area contributed by atoms with E-state index in [4.69, 9.17) is 4.74 Å². The van der Waals surface area contributed by atoms with E-state index in [9.17, 15) is 14.7 Å². The van der Waals surface area contributed by atoms with Gasteiger partial charge in [0, 0.05) is 29.6 Å². The molecule has 5 rings (SSSR count). The van der Waals surface area contributed by atoms with E-state index in [1.165, 1.54) is 10.5 Å². The fraction of sp³-hybridized carbons (Fsp3) is 0.419. The third-order valence-electron chi connectivity index (χ3n) is 7.64. The van der Waals surface area contributed by atoms with Crippen LogP contribution in [0, 0.1) is 5.92 Å². The summed E-state index contributed by atoms with van der Waals surface area (Å²) in [5, 5.41) is 12.2. The van der Waals surface area contributed by atoms with Gasteiger partial charge < -0.3 is 14.7 Å². The van der Waals surface area contributed by atoms with Crippen LogP contribution in [0.3, 0.4) is 0 Å². The number of benzene rings is 3. The molecule has 6 heteroatoms. The van der Waals surface area contributed by atoms with Gasteiger partial charge in [-0.2, -0.15) is 0 Å². The lowest BCUT2D eigenvalue weighted by molar-refractivity contribution is 0.0453. The first-order chi connectivity index (χ1) is 17.7. The molecule has 3 aromatic carbocycles. The van der Waals surface area contributed by atoms with Crippen molar-refractivity contribution in [2.45, 2.75) is 45.1 Å². The van der Waals surface area contributed by atoms with Crippen molar-refractivity contribution in [2.24, 2.45) is 5.92 Å². The fourth-order valence-corrected chi connectivity index (χ4v) is 5.45. The zero-order chi connectivity index (χ0) is 26.2. The van der Waals surface area contributed by atoms with E-state index >= 15 is 0 Å². The molecule has 37 heavy (non-hydrogen) atoms. The standard InChI is InChI=1S/C31H36N2O4/c1-31(2,3)23-10-12-25(13-11-23)37-20-24(34)19-32-16-14-21(15-17-32)18-33-29(35)26-8-4-6-22-7-5-9-27(28(22)26)30(33)36/h4-13,21,24,34H,14-20H2,1-3H3.